The summed E-state index contributed by atoms with van der Waals surface area (Å²) in [5, 5.41) is 0. The quantitative estimate of drug-likeness (QED) is 0.767. The molecule has 1 rings (SSSR count). The Balaban J connectivity index is 2.60. The normalized spacial score (nSPS) is 11.7. The van der Waals surface area contributed by atoms with Gasteiger partial charge in [0, 0.05) is 5.56 Å². The summed E-state index contributed by atoms with van der Waals surface area (Å²) in [6.45, 7) is 4.32. The molecule has 0 fully saturated rings. The third kappa shape index (κ3) is 4.51. The number of benzene rings is 1. The average Bonchev–Trinajstić information content (AvgIpc) is 2.29. The molecule has 0 saturated heterocycles. The lowest BCUT2D eigenvalue weighted by molar-refractivity contribution is 0.720. The number of rotatable bonds is 4. The Hall–Kier alpha value is -1.26. The van der Waals surface area contributed by atoms with Crippen LogP contribution >= 0.6 is 0 Å². The van der Waals surface area contributed by atoms with E-state index in [1.165, 1.54) is 12.0 Å². The Bertz CT molecular complexity index is 353. The van der Waals surface area contributed by atoms with Crippen LogP contribution < -0.4 is 5.73 Å². The fourth-order valence-corrected chi connectivity index (χ4v) is 1.60. The van der Waals surface area contributed by atoms with Crippen molar-refractivity contribution in [1.82, 2.24) is 0 Å². The third-order valence-corrected chi connectivity index (χ3v) is 2.49. The van der Waals surface area contributed by atoms with Crippen LogP contribution in [0.2, 0.25) is 0 Å². The van der Waals surface area contributed by atoms with Crippen LogP contribution in [0.5, 0.6) is 0 Å². The van der Waals surface area contributed by atoms with Gasteiger partial charge < -0.3 is 5.73 Å². The summed E-state index contributed by atoms with van der Waals surface area (Å²) >= 11 is 0. The van der Waals surface area contributed by atoms with E-state index in [9.17, 15) is 0 Å². The first kappa shape index (κ1) is 12.8. The summed E-state index contributed by atoms with van der Waals surface area (Å²) in [6.07, 6.45) is 4.39. The maximum atomic E-state index is 5.84. The third-order valence-electron chi connectivity index (χ3n) is 2.49. The number of hydrogen-bond acceptors (Lipinski definition) is 1. The molecule has 0 saturated carbocycles. The van der Waals surface area contributed by atoms with Crippen molar-refractivity contribution in [2.24, 2.45) is 5.73 Å². The summed E-state index contributed by atoms with van der Waals surface area (Å²) in [5.74, 6) is 6.20. The molecule has 0 radical (unpaired) electrons. The summed E-state index contributed by atoms with van der Waals surface area (Å²) in [6, 6.07) is 8.48. The van der Waals surface area contributed by atoms with E-state index in [4.69, 9.17) is 5.73 Å². The molecule has 0 aromatic heterocycles. The zero-order valence-electron chi connectivity index (χ0n) is 10.3. The lowest BCUT2D eigenvalue weighted by atomic mass is 10.1. The van der Waals surface area contributed by atoms with E-state index in [2.05, 4.69) is 50.0 Å². The van der Waals surface area contributed by atoms with E-state index in [0.717, 1.165) is 24.8 Å². The molecule has 1 heteroatoms. The van der Waals surface area contributed by atoms with Gasteiger partial charge in [-0.3, -0.25) is 0 Å². The second-order valence-electron chi connectivity index (χ2n) is 4.11. The van der Waals surface area contributed by atoms with E-state index >= 15 is 0 Å². The van der Waals surface area contributed by atoms with Gasteiger partial charge in [-0.05, 0) is 30.5 Å². The lowest BCUT2D eigenvalue weighted by Gasteiger charge is -2.00. The van der Waals surface area contributed by atoms with Gasteiger partial charge in [-0.1, -0.05) is 50.7 Å². The maximum absolute atomic E-state index is 5.84. The van der Waals surface area contributed by atoms with Crippen LogP contribution in [-0.4, -0.2) is 6.04 Å². The lowest BCUT2D eigenvalue weighted by Crippen LogP contribution is -2.16. The Kier molecular flexibility index (Phi) is 5.67. The van der Waals surface area contributed by atoms with Gasteiger partial charge in [0.1, 0.15) is 0 Å². The highest BCUT2D eigenvalue weighted by molar-refractivity contribution is 5.37. The second kappa shape index (κ2) is 7.09. The molecule has 1 aromatic carbocycles. The Labute approximate surface area is 99.1 Å². The van der Waals surface area contributed by atoms with E-state index < -0.39 is 0 Å². The van der Waals surface area contributed by atoms with Crippen LogP contribution in [0.4, 0.5) is 0 Å². The predicted octanol–water partition coefficient (Wildman–Crippen LogP) is 3.12. The summed E-state index contributed by atoms with van der Waals surface area (Å²) < 4.78 is 0. The molecule has 1 unspecified atom stereocenters. The van der Waals surface area contributed by atoms with E-state index in [1.54, 1.807) is 0 Å². The molecule has 86 valence electrons. The smallest absolute Gasteiger partial charge is 0.0668 e. The largest absolute Gasteiger partial charge is 0.318 e. The first-order valence-electron chi connectivity index (χ1n) is 6.12. The highest BCUT2D eigenvalue weighted by Crippen LogP contribution is 2.05. The summed E-state index contributed by atoms with van der Waals surface area (Å²) in [7, 11) is 0. The molecule has 0 heterocycles. The van der Waals surface area contributed by atoms with E-state index in [-0.39, 0.29) is 6.04 Å². The Morgan fingerprint density at radius 3 is 2.38 bits per heavy atom. The van der Waals surface area contributed by atoms with Gasteiger partial charge in [0.15, 0.2) is 0 Å². The number of nitrogens with two attached hydrogens (primary N) is 1. The van der Waals surface area contributed by atoms with Gasteiger partial charge >= 0.3 is 0 Å². The molecule has 1 atom stereocenters. The minimum absolute atomic E-state index is 0.0142. The molecule has 0 aliphatic rings. The van der Waals surface area contributed by atoms with E-state index in [1.807, 2.05) is 0 Å². The molecule has 2 N–H and O–H groups in total. The van der Waals surface area contributed by atoms with Crippen molar-refractivity contribution in [2.75, 3.05) is 0 Å². The minimum atomic E-state index is 0.0142. The SMILES string of the molecule is CCCc1ccc(C#CC(N)CCC)cc1. The standard InChI is InChI=1S/C15H21N/c1-3-5-13-7-9-14(10-8-13)11-12-15(16)6-4-2/h7-10,15H,3-6,16H2,1-2H3. The van der Waals surface area contributed by atoms with Crippen molar-refractivity contribution >= 4 is 0 Å². The van der Waals surface area contributed by atoms with Crippen molar-refractivity contribution < 1.29 is 0 Å². The zero-order valence-corrected chi connectivity index (χ0v) is 10.3. The number of aryl methyl sites for hydroxylation is 1. The molecule has 0 spiro atoms. The van der Waals surface area contributed by atoms with Crippen LogP contribution in [-0.2, 0) is 6.42 Å². The molecule has 1 nitrogen and oxygen atoms in total. The van der Waals surface area contributed by atoms with Crippen LogP contribution in [0.3, 0.4) is 0 Å². The highest BCUT2D eigenvalue weighted by atomic mass is 14.6. The fraction of sp³-hybridized carbons (Fsp3) is 0.467. The summed E-state index contributed by atoms with van der Waals surface area (Å²) in [4.78, 5) is 0. The Morgan fingerprint density at radius 1 is 1.12 bits per heavy atom. The van der Waals surface area contributed by atoms with Gasteiger partial charge in [-0.2, -0.15) is 0 Å². The first-order chi connectivity index (χ1) is 7.76. The monoisotopic (exact) mass is 215 g/mol. The fourth-order valence-electron chi connectivity index (χ4n) is 1.60. The topological polar surface area (TPSA) is 26.0 Å². The van der Waals surface area contributed by atoms with Crippen LogP contribution in [0.25, 0.3) is 0 Å². The zero-order chi connectivity index (χ0) is 11.8. The van der Waals surface area contributed by atoms with E-state index in [0.29, 0.717) is 0 Å². The molecular formula is C15H21N. The molecule has 0 bridgehead atoms. The van der Waals surface area contributed by atoms with Gasteiger partial charge in [-0.25, -0.2) is 0 Å². The van der Waals surface area contributed by atoms with Crippen LogP contribution in [0, 0.1) is 11.8 Å². The van der Waals surface area contributed by atoms with Crippen molar-refractivity contribution in [3.05, 3.63) is 35.4 Å². The van der Waals surface area contributed by atoms with Crippen molar-refractivity contribution in [1.29, 1.82) is 0 Å². The minimum Gasteiger partial charge on any atom is -0.318 e. The molecule has 16 heavy (non-hydrogen) atoms. The van der Waals surface area contributed by atoms with Crippen LogP contribution in [0.15, 0.2) is 24.3 Å². The predicted molar refractivity (Wildman–Crippen MR) is 70.2 cm³/mol. The molecular weight excluding hydrogens is 194 g/mol. The molecule has 0 aliphatic carbocycles. The Morgan fingerprint density at radius 2 is 1.81 bits per heavy atom. The van der Waals surface area contributed by atoms with Gasteiger partial charge in [-0.15, -0.1) is 0 Å². The van der Waals surface area contributed by atoms with Crippen molar-refractivity contribution in [2.45, 2.75) is 45.6 Å². The van der Waals surface area contributed by atoms with Crippen molar-refractivity contribution in [3.63, 3.8) is 0 Å². The second-order valence-corrected chi connectivity index (χ2v) is 4.11. The van der Waals surface area contributed by atoms with Gasteiger partial charge in [0.05, 0.1) is 6.04 Å². The first-order valence-corrected chi connectivity index (χ1v) is 6.12. The van der Waals surface area contributed by atoms with Crippen molar-refractivity contribution in [3.8, 4) is 11.8 Å². The van der Waals surface area contributed by atoms with Gasteiger partial charge in [0.25, 0.3) is 0 Å². The highest BCUT2D eigenvalue weighted by Gasteiger charge is 1.94. The molecule has 1 aromatic rings. The van der Waals surface area contributed by atoms with Gasteiger partial charge in [0.2, 0.25) is 0 Å². The number of hydrogen-bond donors (Lipinski definition) is 1. The maximum Gasteiger partial charge on any atom is 0.0668 e. The average molecular weight is 215 g/mol. The van der Waals surface area contributed by atoms with Crippen LogP contribution in [0.1, 0.15) is 44.2 Å². The molecule has 0 amide bonds. The molecule has 0 aliphatic heterocycles. The summed E-state index contributed by atoms with van der Waals surface area (Å²) in [5.41, 5.74) is 8.28.